The molecule has 2 aliphatic rings. The van der Waals surface area contributed by atoms with Crippen LogP contribution in [0.2, 0.25) is 0 Å². The molecule has 8 heteroatoms. The van der Waals surface area contributed by atoms with E-state index in [9.17, 15) is 4.79 Å². The number of esters is 1. The van der Waals surface area contributed by atoms with Gasteiger partial charge >= 0.3 is 5.97 Å². The van der Waals surface area contributed by atoms with E-state index in [4.69, 9.17) is 14.2 Å². The lowest BCUT2D eigenvalue weighted by atomic mass is 9.97. The Hall–Kier alpha value is -1.71. The third kappa shape index (κ3) is 5.92. The number of likely N-dealkylation sites (tertiary alicyclic amines) is 1. The van der Waals surface area contributed by atoms with Crippen LogP contribution in [0.15, 0.2) is 17.1 Å². The van der Waals surface area contributed by atoms with E-state index in [0.29, 0.717) is 19.8 Å². The van der Waals surface area contributed by atoms with Crippen LogP contribution < -0.4 is 14.8 Å². The molecule has 0 amide bonds. The Morgan fingerprint density at radius 2 is 2.00 bits per heavy atom. The number of ether oxygens (including phenoxy) is 3. The van der Waals surface area contributed by atoms with Crippen molar-refractivity contribution in [1.82, 2.24) is 10.2 Å². The van der Waals surface area contributed by atoms with Gasteiger partial charge in [-0.25, -0.2) is 0 Å². The van der Waals surface area contributed by atoms with Crippen LogP contribution in [0.1, 0.15) is 44.7 Å². The van der Waals surface area contributed by atoms with Crippen molar-refractivity contribution in [3.05, 3.63) is 23.3 Å². The van der Waals surface area contributed by atoms with E-state index in [1.165, 1.54) is 5.56 Å². The van der Waals surface area contributed by atoms with Gasteiger partial charge in [-0.15, -0.1) is 24.0 Å². The van der Waals surface area contributed by atoms with Crippen molar-refractivity contribution in [3.63, 3.8) is 0 Å². The van der Waals surface area contributed by atoms with Crippen LogP contribution in [0, 0.1) is 5.92 Å². The van der Waals surface area contributed by atoms with Crippen LogP contribution in [0.4, 0.5) is 0 Å². The summed E-state index contributed by atoms with van der Waals surface area (Å²) in [6.45, 7) is 9.16. The lowest BCUT2D eigenvalue weighted by molar-refractivity contribution is -0.149. The maximum Gasteiger partial charge on any atom is 0.309 e. The highest BCUT2D eigenvalue weighted by Crippen LogP contribution is 2.35. The Morgan fingerprint density at radius 1 is 1.27 bits per heavy atom. The van der Waals surface area contributed by atoms with Crippen LogP contribution in [-0.4, -0.2) is 56.3 Å². The Balaban J connectivity index is 0.00000320. The summed E-state index contributed by atoms with van der Waals surface area (Å²) in [7, 11) is 1.79. The van der Waals surface area contributed by atoms with Gasteiger partial charge in [0.05, 0.1) is 19.1 Å². The molecule has 0 radical (unpaired) electrons. The fourth-order valence-electron chi connectivity index (χ4n) is 4.00. The van der Waals surface area contributed by atoms with Gasteiger partial charge in [-0.2, -0.15) is 0 Å². The number of rotatable bonds is 6. The maximum absolute atomic E-state index is 12.0. The average molecular weight is 531 g/mol. The Labute approximate surface area is 196 Å². The number of nitrogens with zero attached hydrogens (tertiary/aromatic N) is 2. The molecule has 1 fully saturated rings. The minimum Gasteiger partial charge on any atom is -0.494 e. The van der Waals surface area contributed by atoms with Crippen LogP contribution in [0.5, 0.6) is 11.5 Å². The summed E-state index contributed by atoms with van der Waals surface area (Å²) >= 11 is 0. The van der Waals surface area contributed by atoms with Gasteiger partial charge in [0.2, 0.25) is 0 Å². The molecule has 1 N–H and O–H groups in total. The fourth-order valence-corrected chi connectivity index (χ4v) is 4.00. The van der Waals surface area contributed by atoms with Crippen LogP contribution >= 0.6 is 24.0 Å². The van der Waals surface area contributed by atoms with Gasteiger partial charge in [0, 0.05) is 44.2 Å². The average Bonchev–Trinajstić information content (AvgIpc) is 3.08. The monoisotopic (exact) mass is 531 g/mol. The van der Waals surface area contributed by atoms with Crippen molar-refractivity contribution in [3.8, 4) is 11.5 Å². The van der Waals surface area contributed by atoms with E-state index in [1.807, 2.05) is 13.8 Å². The van der Waals surface area contributed by atoms with Gasteiger partial charge in [0.1, 0.15) is 17.6 Å². The molecule has 168 valence electrons. The number of nitrogens with one attached hydrogen (secondary N) is 1. The quantitative estimate of drug-likeness (QED) is 0.263. The number of halogens is 1. The van der Waals surface area contributed by atoms with Crippen LogP contribution in [-0.2, 0) is 22.5 Å². The second-order valence-electron chi connectivity index (χ2n) is 7.55. The minimum atomic E-state index is -0.0798. The van der Waals surface area contributed by atoms with E-state index in [0.717, 1.165) is 55.4 Å². The summed E-state index contributed by atoms with van der Waals surface area (Å²) in [6.07, 6.45) is 2.69. The number of piperidine rings is 1. The molecule has 1 unspecified atom stereocenters. The smallest absolute Gasteiger partial charge is 0.309 e. The molecule has 7 nitrogen and oxygen atoms in total. The fraction of sp³-hybridized carbons (Fsp3) is 0.636. The largest absolute Gasteiger partial charge is 0.494 e. The third-order valence-electron chi connectivity index (χ3n) is 5.44. The maximum atomic E-state index is 12.0. The van der Waals surface area contributed by atoms with E-state index >= 15 is 0 Å². The highest BCUT2D eigenvalue weighted by atomic mass is 127. The number of hydrogen-bond donors (Lipinski definition) is 1. The lowest BCUT2D eigenvalue weighted by Crippen LogP contribution is -2.46. The normalized spacial score (nSPS) is 18.9. The highest BCUT2D eigenvalue weighted by Gasteiger charge is 2.27. The molecule has 0 bridgehead atoms. The summed E-state index contributed by atoms with van der Waals surface area (Å²) in [5.74, 6) is 2.59. The summed E-state index contributed by atoms with van der Waals surface area (Å²) in [5.41, 5.74) is 2.26. The van der Waals surface area contributed by atoms with Gasteiger partial charge in [0.15, 0.2) is 5.96 Å². The van der Waals surface area contributed by atoms with Crippen molar-refractivity contribution >= 4 is 35.9 Å². The molecule has 2 aliphatic heterocycles. The molecule has 0 aliphatic carbocycles. The van der Waals surface area contributed by atoms with Crippen molar-refractivity contribution in [2.45, 2.75) is 52.7 Å². The summed E-state index contributed by atoms with van der Waals surface area (Å²) in [4.78, 5) is 18.6. The molecule has 3 rings (SSSR count). The first-order valence-corrected chi connectivity index (χ1v) is 10.6. The van der Waals surface area contributed by atoms with E-state index in [-0.39, 0.29) is 42.0 Å². The third-order valence-corrected chi connectivity index (χ3v) is 5.44. The highest BCUT2D eigenvalue weighted by molar-refractivity contribution is 14.0. The molecule has 1 saturated heterocycles. The molecule has 1 aromatic carbocycles. The zero-order valence-electron chi connectivity index (χ0n) is 18.4. The number of carbonyl (C=O) groups is 1. The number of guanidine groups is 1. The summed E-state index contributed by atoms with van der Waals surface area (Å²) in [6, 6.07) is 4.18. The predicted octanol–water partition coefficient (Wildman–Crippen LogP) is 3.38. The second kappa shape index (κ2) is 11.6. The molecule has 1 aromatic rings. The number of aliphatic imine (C=N–C) groups is 1. The van der Waals surface area contributed by atoms with Gasteiger partial charge in [0.25, 0.3) is 0 Å². The van der Waals surface area contributed by atoms with Crippen molar-refractivity contribution < 1.29 is 19.0 Å². The van der Waals surface area contributed by atoms with Gasteiger partial charge < -0.3 is 24.4 Å². The molecular weight excluding hydrogens is 497 g/mol. The van der Waals surface area contributed by atoms with Crippen molar-refractivity contribution in [2.24, 2.45) is 10.9 Å². The summed E-state index contributed by atoms with van der Waals surface area (Å²) < 4.78 is 16.9. The van der Waals surface area contributed by atoms with Crippen LogP contribution in [0.3, 0.4) is 0 Å². The van der Waals surface area contributed by atoms with Gasteiger partial charge in [-0.05, 0) is 45.7 Å². The zero-order chi connectivity index (χ0) is 20.8. The molecule has 0 spiro atoms. The van der Waals surface area contributed by atoms with Crippen molar-refractivity contribution in [1.29, 1.82) is 0 Å². The molecule has 30 heavy (non-hydrogen) atoms. The number of fused-ring (bicyclic) bond motifs is 1. The standard InChI is InChI=1S/C22H33N3O4.HI/c1-5-27-19-12-17-11-15(3)29-20(17)13-18(19)14-24-22(23-4)25-9-7-16(8-10-25)21(26)28-6-2;/h12-13,15-16H,5-11,14H2,1-4H3,(H,23,24);1H. The lowest BCUT2D eigenvalue weighted by Gasteiger charge is -2.33. The molecule has 0 saturated carbocycles. The first-order valence-electron chi connectivity index (χ1n) is 10.6. The number of carbonyl (C=O) groups excluding carboxylic acids is 1. The zero-order valence-corrected chi connectivity index (χ0v) is 20.7. The first kappa shape index (κ1) is 24.6. The van der Waals surface area contributed by atoms with E-state index in [1.54, 1.807) is 7.05 Å². The Kier molecular flexibility index (Phi) is 9.51. The van der Waals surface area contributed by atoms with E-state index < -0.39 is 0 Å². The Bertz CT molecular complexity index is 748. The topological polar surface area (TPSA) is 72.4 Å². The number of benzene rings is 1. The molecule has 1 atom stereocenters. The Morgan fingerprint density at radius 3 is 2.63 bits per heavy atom. The second-order valence-corrected chi connectivity index (χ2v) is 7.55. The van der Waals surface area contributed by atoms with Crippen LogP contribution in [0.25, 0.3) is 0 Å². The molecule has 2 heterocycles. The van der Waals surface area contributed by atoms with Gasteiger partial charge in [-0.3, -0.25) is 9.79 Å². The molecular formula is C22H34IN3O4. The van der Waals surface area contributed by atoms with Gasteiger partial charge in [-0.1, -0.05) is 0 Å². The number of hydrogen-bond acceptors (Lipinski definition) is 5. The minimum absolute atomic E-state index is 0. The molecule has 0 aromatic heterocycles. The first-order chi connectivity index (χ1) is 14.0. The SMILES string of the molecule is CCOC(=O)C1CCN(C(=NC)NCc2cc3c(cc2OCC)CC(C)O3)CC1.I. The predicted molar refractivity (Wildman–Crippen MR) is 128 cm³/mol. The summed E-state index contributed by atoms with van der Waals surface area (Å²) in [5, 5.41) is 3.45. The van der Waals surface area contributed by atoms with Crippen molar-refractivity contribution in [2.75, 3.05) is 33.4 Å². The van der Waals surface area contributed by atoms with E-state index in [2.05, 4.69) is 34.3 Å².